The van der Waals surface area contributed by atoms with Gasteiger partial charge in [0.15, 0.2) is 5.76 Å². The first-order valence-corrected chi connectivity index (χ1v) is 14.3. The number of carbonyl (C=O) groups is 1. The molecule has 3 rings (SSSR count). The number of hydrogen-bond donors (Lipinski definition) is 4. The average molecular weight is 511 g/mol. The first-order chi connectivity index (χ1) is 17.6. The summed E-state index contributed by atoms with van der Waals surface area (Å²) in [5.41, 5.74) is 11.4. The lowest BCUT2D eigenvalue weighted by Gasteiger charge is -2.42. The molecular formula is C31H50N4O2. The van der Waals surface area contributed by atoms with Gasteiger partial charge < -0.3 is 26.1 Å². The molecule has 0 bridgehead atoms. The van der Waals surface area contributed by atoms with Crippen molar-refractivity contribution in [3.05, 3.63) is 58.0 Å². The maximum absolute atomic E-state index is 12.6. The first-order valence-electron chi connectivity index (χ1n) is 14.3. The number of carbonyl (C=O) groups excluding carboxylic acids is 1. The Morgan fingerprint density at radius 3 is 2.11 bits per heavy atom. The molecule has 0 spiro atoms. The summed E-state index contributed by atoms with van der Waals surface area (Å²) in [6, 6.07) is 8.51. The predicted octanol–water partition coefficient (Wildman–Crippen LogP) is 4.96. The van der Waals surface area contributed by atoms with Gasteiger partial charge in [-0.05, 0) is 123 Å². The molecule has 1 aliphatic rings. The van der Waals surface area contributed by atoms with Crippen LogP contribution in [0.2, 0.25) is 0 Å². The molecule has 1 aromatic carbocycles. The van der Waals surface area contributed by atoms with Crippen LogP contribution < -0.4 is 21.7 Å². The van der Waals surface area contributed by atoms with E-state index in [-0.39, 0.29) is 16.7 Å². The summed E-state index contributed by atoms with van der Waals surface area (Å²) in [5, 5.41) is 9.83. The molecule has 1 amide bonds. The van der Waals surface area contributed by atoms with Crippen LogP contribution in [0.3, 0.4) is 0 Å². The van der Waals surface area contributed by atoms with E-state index in [0.29, 0.717) is 18.7 Å². The van der Waals surface area contributed by atoms with Crippen LogP contribution in [0.1, 0.15) is 105 Å². The van der Waals surface area contributed by atoms with Crippen LogP contribution >= 0.6 is 0 Å². The van der Waals surface area contributed by atoms with Gasteiger partial charge in [0.05, 0.1) is 0 Å². The van der Waals surface area contributed by atoms with Gasteiger partial charge >= 0.3 is 0 Å². The summed E-state index contributed by atoms with van der Waals surface area (Å²) in [6.45, 7) is 17.0. The fourth-order valence-corrected chi connectivity index (χ4v) is 5.22. The second kappa shape index (κ2) is 13.6. The molecular weight excluding hydrogens is 460 g/mol. The van der Waals surface area contributed by atoms with E-state index >= 15 is 0 Å². The van der Waals surface area contributed by atoms with E-state index in [2.05, 4.69) is 62.7 Å². The number of hydrogen-bond acceptors (Lipinski definition) is 5. The number of benzene rings is 1. The Hall–Kier alpha value is -2.15. The largest absolute Gasteiger partial charge is 0.456 e. The lowest BCUT2D eigenvalue weighted by Crippen LogP contribution is -2.34. The molecule has 6 nitrogen and oxygen atoms in total. The van der Waals surface area contributed by atoms with Crippen molar-refractivity contribution in [3.8, 4) is 0 Å². The molecule has 0 unspecified atom stereocenters. The third-order valence-electron chi connectivity index (χ3n) is 7.89. The minimum atomic E-state index is -0.139. The van der Waals surface area contributed by atoms with Crippen molar-refractivity contribution >= 4 is 5.91 Å². The quantitative estimate of drug-likeness (QED) is 0.254. The van der Waals surface area contributed by atoms with Gasteiger partial charge in [-0.1, -0.05) is 39.8 Å². The number of nitrogens with two attached hydrogens (primary N) is 1. The summed E-state index contributed by atoms with van der Waals surface area (Å²) in [6.07, 6.45) is 7.36. The summed E-state index contributed by atoms with van der Waals surface area (Å²) in [7, 11) is 0. The maximum Gasteiger partial charge on any atom is 0.286 e. The number of amides is 1. The molecule has 1 aromatic heterocycles. The van der Waals surface area contributed by atoms with Gasteiger partial charge in [0.1, 0.15) is 5.76 Å². The highest BCUT2D eigenvalue weighted by Crippen LogP contribution is 2.46. The molecule has 0 saturated carbocycles. The Labute approximate surface area is 224 Å². The van der Waals surface area contributed by atoms with Crippen molar-refractivity contribution < 1.29 is 9.21 Å². The molecule has 0 radical (unpaired) electrons. The molecule has 0 fully saturated rings. The normalized spacial score (nSPS) is 15.9. The average Bonchev–Trinajstić information content (AvgIpc) is 3.32. The molecule has 0 aliphatic heterocycles. The van der Waals surface area contributed by atoms with Crippen LogP contribution in [-0.2, 0) is 17.3 Å². The smallest absolute Gasteiger partial charge is 0.286 e. The fourth-order valence-electron chi connectivity index (χ4n) is 5.22. The van der Waals surface area contributed by atoms with Crippen molar-refractivity contribution in [2.75, 3.05) is 39.3 Å². The molecule has 1 heterocycles. The summed E-state index contributed by atoms with van der Waals surface area (Å²) >= 11 is 0. The first kappa shape index (κ1) is 29.4. The minimum absolute atomic E-state index is 0.139. The molecule has 2 aromatic rings. The van der Waals surface area contributed by atoms with Crippen molar-refractivity contribution in [2.24, 2.45) is 5.73 Å². The Morgan fingerprint density at radius 1 is 0.865 bits per heavy atom. The lowest BCUT2D eigenvalue weighted by atomic mass is 9.62. The number of aryl methyl sites for hydroxylation is 1. The van der Waals surface area contributed by atoms with Gasteiger partial charge in [-0.15, -0.1) is 0 Å². The highest BCUT2D eigenvalue weighted by atomic mass is 16.3. The van der Waals surface area contributed by atoms with Crippen molar-refractivity contribution in [2.45, 2.75) is 90.4 Å². The van der Waals surface area contributed by atoms with Crippen LogP contribution in [0.4, 0.5) is 0 Å². The number of nitrogens with one attached hydrogen (secondary N) is 3. The molecule has 37 heavy (non-hydrogen) atoms. The Balaban J connectivity index is 1.42. The summed E-state index contributed by atoms with van der Waals surface area (Å²) in [5.74, 6) is 1.09. The molecule has 0 saturated heterocycles. The van der Waals surface area contributed by atoms with E-state index in [1.54, 1.807) is 6.07 Å². The second-order valence-electron chi connectivity index (χ2n) is 12.0. The van der Waals surface area contributed by atoms with Gasteiger partial charge in [0.2, 0.25) is 0 Å². The Bertz CT molecular complexity index is 1010. The molecule has 6 heteroatoms. The second-order valence-corrected chi connectivity index (χ2v) is 12.0. The SMILES string of the molecule is Cc1cc2c(cc1Cc1ccc(C(=O)NCCCNCCCCNCCCN)o1)C(C)(C)CCC2(C)C. The van der Waals surface area contributed by atoms with E-state index in [1.165, 1.54) is 35.1 Å². The van der Waals surface area contributed by atoms with E-state index in [9.17, 15) is 4.79 Å². The molecule has 1 aliphatic carbocycles. The number of rotatable bonds is 15. The summed E-state index contributed by atoms with van der Waals surface area (Å²) < 4.78 is 5.96. The van der Waals surface area contributed by atoms with Gasteiger partial charge in [0, 0.05) is 13.0 Å². The van der Waals surface area contributed by atoms with E-state index < -0.39 is 0 Å². The molecule has 0 atom stereocenters. The zero-order valence-electron chi connectivity index (χ0n) is 23.9. The zero-order chi connectivity index (χ0) is 26.9. The highest BCUT2D eigenvalue weighted by Gasteiger charge is 2.37. The Morgan fingerprint density at radius 2 is 1.46 bits per heavy atom. The molecule has 5 N–H and O–H groups in total. The summed E-state index contributed by atoms with van der Waals surface area (Å²) in [4.78, 5) is 12.6. The third kappa shape index (κ3) is 8.42. The number of unbranched alkanes of at least 4 members (excludes halogenated alkanes) is 1. The topological polar surface area (TPSA) is 92.3 Å². The Kier molecular flexibility index (Phi) is 10.8. The van der Waals surface area contributed by atoms with Crippen LogP contribution in [0.25, 0.3) is 0 Å². The van der Waals surface area contributed by atoms with Gasteiger partial charge in [0.25, 0.3) is 5.91 Å². The third-order valence-corrected chi connectivity index (χ3v) is 7.89. The lowest BCUT2D eigenvalue weighted by molar-refractivity contribution is 0.0924. The van der Waals surface area contributed by atoms with Crippen molar-refractivity contribution in [3.63, 3.8) is 0 Å². The van der Waals surface area contributed by atoms with Crippen LogP contribution in [0, 0.1) is 6.92 Å². The van der Waals surface area contributed by atoms with Gasteiger partial charge in [-0.25, -0.2) is 0 Å². The van der Waals surface area contributed by atoms with Crippen LogP contribution in [-0.4, -0.2) is 45.2 Å². The van der Waals surface area contributed by atoms with E-state index in [1.807, 2.05) is 6.07 Å². The number of fused-ring (bicyclic) bond motifs is 1. The van der Waals surface area contributed by atoms with Crippen LogP contribution in [0.15, 0.2) is 28.7 Å². The van der Waals surface area contributed by atoms with Crippen molar-refractivity contribution in [1.82, 2.24) is 16.0 Å². The minimum Gasteiger partial charge on any atom is -0.456 e. The highest BCUT2D eigenvalue weighted by molar-refractivity contribution is 5.91. The maximum atomic E-state index is 12.6. The fraction of sp³-hybridized carbons (Fsp3) is 0.645. The van der Waals surface area contributed by atoms with Gasteiger partial charge in [-0.2, -0.15) is 0 Å². The number of furan rings is 1. The van der Waals surface area contributed by atoms with E-state index in [4.69, 9.17) is 10.2 Å². The standard InChI is InChI=1S/C31H50N4O2/c1-23-20-26-27(31(4,5)13-12-30(26,2)3)22-24(23)21-25-10-11-28(37-25)29(36)35-19-9-18-34-16-7-6-15-33-17-8-14-32/h10-11,20,22,33-34H,6-9,12-19,21,32H2,1-5H3,(H,35,36). The van der Waals surface area contributed by atoms with Crippen LogP contribution in [0.5, 0.6) is 0 Å². The molecule has 206 valence electrons. The van der Waals surface area contributed by atoms with E-state index in [0.717, 1.165) is 64.2 Å². The predicted molar refractivity (Wildman–Crippen MR) is 154 cm³/mol. The van der Waals surface area contributed by atoms with Gasteiger partial charge in [-0.3, -0.25) is 4.79 Å². The monoisotopic (exact) mass is 510 g/mol. The van der Waals surface area contributed by atoms with Crippen molar-refractivity contribution in [1.29, 1.82) is 0 Å². The zero-order valence-corrected chi connectivity index (χ0v) is 23.9.